The molecule has 4 amide bonds. The van der Waals surface area contributed by atoms with Gasteiger partial charge in [-0.3, -0.25) is 19.4 Å². The second-order valence-electron chi connectivity index (χ2n) is 5.40. The molecule has 0 aromatic heterocycles. The van der Waals surface area contributed by atoms with Crippen LogP contribution in [0.15, 0.2) is 42.0 Å². The van der Waals surface area contributed by atoms with Gasteiger partial charge in [0.25, 0.3) is 11.8 Å². The lowest BCUT2D eigenvalue weighted by Gasteiger charge is -2.28. The van der Waals surface area contributed by atoms with Crippen molar-refractivity contribution < 1.29 is 14.4 Å². The number of nitrogens with zero attached hydrogens (tertiary/aromatic N) is 3. The van der Waals surface area contributed by atoms with Crippen LogP contribution in [0.2, 0.25) is 0 Å². The Morgan fingerprint density at radius 1 is 0.957 bits per heavy atom. The Kier molecular flexibility index (Phi) is 4.64. The maximum Gasteiger partial charge on any atom is 0.333 e. The molecular weight excluding hydrogens is 294 g/mol. The van der Waals surface area contributed by atoms with Gasteiger partial charge in [-0.2, -0.15) is 0 Å². The predicted molar refractivity (Wildman–Crippen MR) is 88.8 cm³/mol. The van der Waals surface area contributed by atoms with Gasteiger partial charge >= 0.3 is 6.03 Å². The lowest BCUT2D eigenvalue weighted by molar-refractivity contribution is -0.134. The minimum Gasteiger partial charge on any atom is -0.377 e. The van der Waals surface area contributed by atoms with Gasteiger partial charge in [0, 0.05) is 33.9 Å². The molecule has 0 unspecified atom stereocenters. The van der Waals surface area contributed by atoms with Gasteiger partial charge in [0.05, 0.1) is 0 Å². The summed E-state index contributed by atoms with van der Waals surface area (Å²) in [6, 6.07) is 7.14. The fraction of sp³-hybridized carbons (Fsp3) is 0.235. The first-order valence-electron chi connectivity index (χ1n) is 7.09. The summed E-state index contributed by atoms with van der Waals surface area (Å²) in [7, 11) is 6.59. The monoisotopic (exact) mass is 313 g/mol. The molecule has 1 heterocycles. The molecule has 6 heteroatoms. The molecule has 1 aromatic rings. The van der Waals surface area contributed by atoms with Gasteiger partial charge in [-0.25, -0.2) is 4.79 Å². The molecule has 0 saturated carbocycles. The SMILES string of the molecule is CN1C(=O)C(=CC=Cc2ccccc2N(C)C)C(=O)N(C)C1=O. The Labute approximate surface area is 135 Å². The van der Waals surface area contributed by atoms with Gasteiger partial charge in [-0.1, -0.05) is 30.4 Å². The highest BCUT2D eigenvalue weighted by Gasteiger charge is 2.37. The van der Waals surface area contributed by atoms with E-state index in [1.807, 2.05) is 49.3 Å². The number of likely N-dealkylation sites (N-methyl/N-ethyl adjacent to an activating group) is 2. The largest absolute Gasteiger partial charge is 0.377 e. The average molecular weight is 313 g/mol. The van der Waals surface area contributed by atoms with E-state index in [0.29, 0.717) is 0 Å². The van der Waals surface area contributed by atoms with E-state index in [1.54, 1.807) is 6.08 Å². The molecule has 0 N–H and O–H groups in total. The minimum atomic E-state index is -0.626. The summed E-state index contributed by atoms with van der Waals surface area (Å²) in [4.78, 5) is 39.6. The highest BCUT2D eigenvalue weighted by molar-refractivity contribution is 6.28. The number of carbonyl (C=O) groups is 3. The minimum absolute atomic E-state index is 0.0341. The molecule has 23 heavy (non-hydrogen) atoms. The number of hydrogen-bond donors (Lipinski definition) is 0. The molecule has 1 fully saturated rings. The maximum absolute atomic E-state index is 12.1. The van der Waals surface area contributed by atoms with E-state index in [1.165, 1.54) is 20.2 Å². The molecule has 0 aliphatic carbocycles. The van der Waals surface area contributed by atoms with Crippen molar-refractivity contribution in [3.05, 3.63) is 47.6 Å². The second kappa shape index (κ2) is 6.48. The Balaban J connectivity index is 2.31. The molecule has 1 aliphatic heterocycles. The summed E-state index contributed by atoms with van der Waals surface area (Å²) in [6.45, 7) is 0. The summed E-state index contributed by atoms with van der Waals surface area (Å²) in [6.07, 6.45) is 4.90. The number of imide groups is 2. The number of barbiturate groups is 1. The van der Waals surface area contributed by atoms with Crippen LogP contribution in [0.25, 0.3) is 6.08 Å². The first-order chi connectivity index (χ1) is 10.8. The third-order valence-electron chi connectivity index (χ3n) is 3.60. The lowest BCUT2D eigenvalue weighted by atomic mass is 10.1. The van der Waals surface area contributed by atoms with E-state index in [2.05, 4.69) is 0 Å². The summed E-state index contributed by atoms with van der Waals surface area (Å²) in [5.74, 6) is -1.19. The number of anilines is 1. The molecule has 120 valence electrons. The van der Waals surface area contributed by atoms with Crippen molar-refractivity contribution >= 4 is 29.6 Å². The van der Waals surface area contributed by atoms with Crippen molar-refractivity contribution in [1.82, 2.24) is 9.80 Å². The Morgan fingerprint density at radius 3 is 2.09 bits per heavy atom. The van der Waals surface area contributed by atoms with Crippen molar-refractivity contribution in [3.63, 3.8) is 0 Å². The molecule has 0 atom stereocenters. The molecular formula is C17H19N3O3. The van der Waals surface area contributed by atoms with E-state index >= 15 is 0 Å². The van der Waals surface area contributed by atoms with Gasteiger partial charge in [-0.15, -0.1) is 0 Å². The Bertz CT molecular complexity index is 694. The van der Waals surface area contributed by atoms with Crippen LogP contribution in [0, 0.1) is 0 Å². The van der Waals surface area contributed by atoms with Crippen molar-refractivity contribution in [1.29, 1.82) is 0 Å². The zero-order valence-corrected chi connectivity index (χ0v) is 13.6. The molecule has 1 aliphatic rings. The quantitative estimate of drug-likeness (QED) is 0.630. The van der Waals surface area contributed by atoms with Crippen LogP contribution < -0.4 is 4.90 Å². The molecule has 1 saturated heterocycles. The highest BCUT2D eigenvalue weighted by atomic mass is 16.2. The molecule has 0 radical (unpaired) electrons. The van der Waals surface area contributed by atoms with Crippen molar-refractivity contribution in [2.24, 2.45) is 0 Å². The van der Waals surface area contributed by atoms with Crippen LogP contribution in [0.1, 0.15) is 5.56 Å². The number of benzene rings is 1. The summed E-state index contributed by atoms with van der Waals surface area (Å²) < 4.78 is 0. The van der Waals surface area contributed by atoms with Gasteiger partial charge in [-0.05, 0) is 17.7 Å². The smallest absolute Gasteiger partial charge is 0.333 e. The fourth-order valence-electron chi connectivity index (χ4n) is 2.28. The number of carbonyl (C=O) groups excluding carboxylic acids is 3. The van der Waals surface area contributed by atoms with Crippen LogP contribution in [-0.2, 0) is 9.59 Å². The molecule has 1 aromatic carbocycles. The van der Waals surface area contributed by atoms with Crippen molar-refractivity contribution in [2.45, 2.75) is 0 Å². The normalized spacial score (nSPS) is 15.7. The van der Waals surface area contributed by atoms with Crippen LogP contribution in [0.5, 0.6) is 0 Å². The molecule has 0 bridgehead atoms. The lowest BCUT2D eigenvalue weighted by Crippen LogP contribution is -2.52. The number of rotatable bonds is 3. The second-order valence-corrected chi connectivity index (χ2v) is 5.40. The number of para-hydroxylation sites is 1. The van der Waals surface area contributed by atoms with Crippen LogP contribution in [0.4, 0.5) is 10.5 Å². The Hall–Kier alpha value is -2.89. The standard InChI is InChI=1S/C17H19N3O3/c1-18(2)14-11-6-5-8-12(14)9-7-10-13-15(21)19(3)17(23)20(4)16(13)22/h5-11H,1-4H3. The van der Waals surface area contributed by atoms with Gasteiger partial charge in [0.1, 0.15) is 5.57 Å². The first-order valence-corrected chi connectivity index (χ1v) is 7.09. The number of urea groups is 1. The molecule has 0 spiro atoms. The average Bonchev–Trinajstić information content (AvgIpc) is 2.54. The molecule has 6 nitrogen and oxygen atoms in total. The van der Waals surface area contributed by atoms with Crippen LogP contribution >= 0.6 is 0 Å². The third-order valence-corrected chi connectivity index (χ3v) is 3.60. The first kappa shape index (κ1) is 16.5. The molecule has 2 rings (SSSR count). The number of allylic oxidation sites excluding steroid dienone is 2. The van der Waals surface area contributed by atoms with Gasteiger partial charge in [0.15, 0.2) is 0 Å². The van der Waals surface area contributed by atoms with Gasteiger partial charge < -0.3 is 4.90 Å². The van der Waals surface area contributed by atoms with Crippen molar-refractivity contribution in [2.75, 3.05) is 33.1 Å². The predicted octanol–water partition coefficient (Wildman–Crippen LogP) is 1.74. The van der Waals surface area contributed by atoms with E-state index in [4.69, 9.17) is 0 Å². The van der Waals surface area contributed by atoms with E-state index < -0.39 is 17.8 Å². The van der Waals surface area contributed by atoms with Crippen molar-refractivity contribution in [3.8, 4) is 0 Å². The highest BCUT2D eigenvalue weighted by Crippen LogP contribution is 2.20. The maximum atomic E-state index is 12.1. The third kappa shape index (κ3) is 3.15. The van der Waals surface area contributed by atoms with E-state index in [-0.39, 0.29) is 5.57 Å². The Morgan fingerprint density at radius 2 is 1.52 bits per heavy atom. The van der Waals surface area contributed by atoms with E-state index in [0.717, 1.165) is 21.1 Å². The summed E-state index contributed by atoms with van der Waals surface area (Å²) in [5.41, 5.74) is 1.95. The fourth-order valence-corrected chi connectivity index (χ4v) is 2.28. The summed E-state index contributed by atoms with van der Waals surface area (Å²) >= 11 is 0. The van der Waals surface area contributed by atoms with E-state index in [9.17, 15) is 14.4 Å². The number of hydrogen-bond acceptors (Lipinski definition) is 4. The summed E-state index contributed by atoms with van der Waals surface area (Å²) in [5, 5.41) is 0. The van der Waals surface area contributed by atoms with Crippen LogP contribution in [0.3, 0.4) is 0 Å². The topological polar surface area (TPSA) is 60.9 Å². The zero-order chi connectivity index (χ0) is 17.1. The zero-order valence-electron chi connectivity index (χ0n) is 13.6. The number of amides is 4. The van der Waals surface area contributed by atoms with Crippen LogP contribution in [-0.4, -0.2) is 55.8 Å². The van der Waals surface area contributed by atoms with Gasteiger partial charge in [0.2, 0.25) is 0 Å².